The third-order valence-corrected chi connectivity index (χ3v) is 2.35. The van der Waals surface area contributed by atoms with Gasteiger partial charge in [0.05, 0.1) is 6.42 Å². The van der Waals surface area contributed by atoms with E-state index in [2.05, 4.69) is 10.6 Å². The van der Waals surface area contributed by atoms with Gasteiger partial charge in [0, 0.05) is 12.6 Å². The lowest BCUT2D eigenvalue weighted by atomic mass is 10.1. The van der Waals surface area contributed by atoms with Crippen molar-refractivity contribution in [2.45, 2.75) is 31.7 Å². The number of carboxylic acids is 1. The zero-order valence-corrected chi connectivity index (χ0v) is 7.88. The SMILES string of the molecule is O=C(O)CCNCCC1CCCN1. The summed E-state index contributed by atoms with van der Waals surface area (Å²) in [6.07, 6.45) is 3.87. The Morgan fingerprint density at radius 3 is 3.00 bits per heavy atom. The lowest BCUT2D eigenvalue weighted by molar-refractivity contribution is -0.136. The van der Waals surface area contributed by atoms with Crippen LogP contribution >= 0.6 is 0 Å². The smallest absolute Gasteiger partial charge is 0.304 e. The summed E-state index contributed by atoms with van der Waals surface area (Å²) in [7, 11) is 0. The van der Waals surface area contributed by atoms with Gasteiger partial charge in [-0.15, -0.1) is 0 Å². The summed E-state index contributed by atoms with van der Waals surface area (Å²) in [4.78, 5) is 10.2. The van der Waals surface area contributed by atoms with Crippen LogP contribution in [0.4, 0.5) is 0 Å². The molecule has 1 aliphatic rings. The van der Waals surface area contributed by atoms with E-state index >= 15 is 0 Å². The zero-order chi connectivity index (χ0) is 9.52. The third kappa shape index (κ3) is 4.85. The van der Waals surface area contributed by atoms with E-state index in [-0.39, 0.29) is 6.42 Å². The lowest BCUT2D eigenvalue weighted by Crippen LogP contribution is -2.28. The highest BCUT2D eigenvalue weighted by atomic mass is 16.4. The molecule has 0 saturated carbocycles. The Balaban J connectivity index is 1.86. The van der Waals surface area contributed by atoms with E-state index in [9.17, 15) is 4.79 Å². The van der Waals surface area contributed by atoms with Gasteiger partial charge >= 0.3 is 5.97 Å². The molecule has 1 heterocycles. The van der Waals surface area contributed by atoms with Gasteiger partial charge < -0.3 is 15.7 Å². The topological polar surface area (TPSA) is 61.4 Å². The van der Waals surface area contributed by atoms with Crippen LogP contribution in [0.25, 0.3) is 0 Å². The number of carbonyl (C=O) groups is 1. The predicted octanol–water partition coefficient (Wildman–Crippen LogP) is 0.193. The second kappa shape index (κ2) is 5.94. The van der Waals surface area contributed by atoms with Crippen molar-refractivity contribution in [1.29, 1.82) is 0 Å². The largest absolute Gasteiger partial charge is 0.481 e. The summed E-state index contributed by atoms with van der Waals surface area (Å²) in [6, 6.07) is 0.650. The molecule has 4 nitrogen and oxygen atoms in total. The summed E-state index contributed by atoms with van der Waals surface area (Å²) in [6.45, 7) is 2.65. The maximum atomic E-state index is 10.2. The molecule has 1 rings (SSSR count). The van der Waals surface area contributed by atoms with E-state index in [1.54, 1.807) is 0 Å². The van der Waals surface area contributed by atoms with Gasteiger partial charge in [-0.2, -0.15) is 0 Å². The number of aliphatic carboxylic acids is 1. The van der Waals surface area contributed by atoms with Gasteiger partial charge in [-0.1, -0.05) is 0 Å². The van der Waals surface area contributed by atoms with Crippen LogP contribution in [-0.4, -0.2) is 36.8 Å². The quantitative estimate of drug-likeness (QED) is 0.518. The molecular formula is C9H18N2O2. The summed E-state index contributed by atoms with van der Waals surface area (Å²) >= 11 is 0. The Morgan fingerprint density at radius 2 is 2.38 bits per heavy atom. The van der Waals surface area contributed by atoms with Crippen LogP contribution in [0.1, 0.15) is 25.7 Å². The van der Waals surface area contributed by atoms with Crippen LogP contribution < -0.4 is 10.6 Å². The van der Waals surface area contributed by atoms with Crippen LogP contribution in [0.5, 0.6) is 0 Å². The van der Waals surface area contributed by atoms with Crippen molar-refractivity contribution in [2.24, 2.45) is 0 Å². The normalized spacial score (nSPS) is 22.0. The van der Waals surface area contributed by atoms with Gasteiger partial charge in [0.25, 0.3) is 0 Å². The highest BCUT2D eigenvalue weighted by Gasteiger charge is 2.12. The van der Waals surface area contributed by atoms with Crippen molar-refractivity contribution in [2.75, 3.05) is 19.6 Å². The fourth-order valence-corrected chi connectivity index (χ4v) is 1.60. The summed E-state index contributed by atoms with van der Waals surface area (Å²) in [5, 5.41) is 14.9. The molecule has 0 aromatic carbocycles. The van der Waals surface area contributed by atoms with E-state index in [1.807, 2.05) is 0 Å². The molecule has 1 saturated heterocycles. The molecule has 0 aromatic heterocycles. The number of rotatable bonds is 6. The number of hydrogen-bond acceptors (Lipinski definition) is 3. The second-order valence-corrected chi connectivity index (χ2v) is 3.48. The van der Waals surface area contributed by atoms with Crippen molar-refractivity contribution in [3.8, 4) is 0 Å². The molecule has 76 valence electrons. The first-order valence-electron chi connectivity index (χ1n) is 4.95. The van der Waals surface area contributed by atoms with Gasteiger partial charge in [-0.05, 0) is 32.4 Å². The van der Waals surface area contributed by atoms with Crippen LogP contribution in [-0.2, 0) is 4.79 Å². The molecule has 0 amide bonds. The Kier molecular flexibility index (Phi) is 4.78. The lowest BCUT2D eigenvalue weighted by Gasteiger charge is -2.09. The Bertz CT molecular complexity index is 156. The fraction of sp³-hybridized carbons (Fsp3) is 0.889. The standard InChI is InChI=1S/C9H18N2O2/c12-9(13)4-7-10-6-3-8-2-1-5-11-8/h8,10-11H,1-7H2,(H,12,13). The molecule has 1 fully saturated rings. The predicted molar refractivity (Wildman–Crippen MR) is 50.8 cm³/mol. The molecule has 1 atom stereocenters. The first kappa shape index (κ1) is 10.5. The molecule has 0 spiro atoms. The van der Waals surface area contributed by atoms with Crippen LogP contribution in [0, 0.1) is 0 Å². The molecule has 0 aliphatic carbocycles. The average Bonchev–Trinajstić information content (AvgIpc) is 2.55. The fourth-order valence-electron chi connectivity index (χ4n) is 1.60. The highest BCUT2D eigenvalue weighted by Crippen LogP contribution is 2.07. The molecule has 0 aromatic rings. The summed E-state index contributed by atoms with van der Waals surface area (Å²) < 4.78 is 0. The van der Waals surface area contributed by atoms with Gasteiger partial charge in [-0.25, -0.2) is 0 Å². The minimum absolute atomic E-state index is 0.220. The molecule has 1 aliphatic heterocycles. The number of hydrogen-bond donors (Lipinski definition) is 3. The maximum Gasteiger partial charge on any atom is 0.304 e. The van der Waals surface area contributed by atoms with Crippen molar-refractivity contribution < 1.29 is 9.90 Å². The molecule has 13 heavy (non-hydrogen) atoms. The van der Waals surface area contributed by atoms with Crippen molar-refractivity contribution in [3.05, 3.63) is 0 Å². The molecule has 3 N–H and O–H groups in total. The van der Waals surface area contributed by atoms with Crippen LogP contribution in [0.2, 0.25) is 0 Å². The first-order valence-corrected chi connectivity index (χ1v) is 4.95. The van der Waals surface area contributed by atoms with E-state index in [1.165, 1.54) is 12.8 Å². The Labute approximate surface area is 78.7 Å². The summed E-state index contributed by atoms with van der Waals surface area (Å²) in [5.74, 6) is -0.730. The van der Waals surface area contributed by atoms with Crippen LogP contribution in [0.15, 0.2) is 0 Å². The second-order valence-electron chi connectivity index (χ2n) is 3.48. The molecule has 0 radical (unpaired) electrons. The van der Waals surface area contributed by atoms with Gasteiger partial charge in [0.15, 0.2) is 0 Å². The maximum absolute atomic E-state index is 10.2. The minimum atomic E-state index is -0.730. The Morgan fingerprint density at radius 1 is 1.54 bits per heavy atom. The van der Waals surface area contributed by atoms with Crippen LogP contribution in [0.3, 0.4) is 0 Å². The number of carboxylic acid groups (broad SMARTS) is 1. The zero-order valence-electron chi connectivity index (χ0n) is 7.88. The van der Waals surface area contributed by atoms with Crippen molar-refractivity contribution in [1.82, 2.24) is 10.6 Å². The van der Waals surface area contributed by atoms with E-state index in [4.69, 9.17) is 5.11 Å². The van der Waals surface area contributed by atoms with Gasteiger partial charge in [0.2, 0.25) is 0 Å². The van der Waals surface area contributed by atoms with Crippen molar-refractivity contribution >= 4 is 5.97 Å². The minimum Gasteiger partial charge on any atom is -0.481 e. The Hall–Kier alpha value is -0.610. The molecule has 4 heteroatoms. The first-order chi connectivity index (χ1) is 6.29. The van der Waals surface area contributed by atoms with E-state index < -0.39 is 5.97 Å². The van der Waals surface area contributed by atoms with Crippen molar-refractivity contribution in [3.63, 3.8) is 0 Å². The van der Waals surface area contributed by atoms with E-state index in [0.29, 0.717) is 12.6 Å². The number of nitrogens with one attached hydrogen (secondary N) is 2. The van der Waals surface area contributed by atoms with Gasteiger partial charge in [-0.3, -0.25) is 4.79 Å². The average molecular weight is 186 g/mol. The molecule has 1 unspecified atom stereocenters. The summed E-state index contributed by atoms with van der Waals surface area (Å²) in [5.41, 5.74) is 0. The highest BCUT2D eigenvalue weighted by molar-refractivity contribution is 5.66. The third-order valence-electron chi connectivity index (χ3n) is 2.35. The monoisotopic (exact) mass is 186 g/mol. The van der Waals surface area contributed by atoms with Gasteiger partial charge in [0.1, 0.15) is 0 Å². The molecular weight excluding hydrogens is 168 g/mol. The van der Waals surface area contributed by atoms with E-state index in [0.717, 1.165) is 19.5 Å². The molecule has 0 bridgehead atoms.